The van der Waals surface area contributed by atoms with Crippen molar-refractivity contribution in [2.24, 2.45) is 0 Å². The van der Waals surface area contributed by atoms with Gasteiger partial charge in [-0.05, 0) is 38.1 Å². The van der Waals surface area contributed by atoms with Crippen molar-refractivity contribution in [2.75, 3.05) is 7.05 Å². The van der Waals surface area contributed by atoms with Crippen LogP contribution in [-0.4, -0.2) is 23.9 Å². The zero-order valence-electron chi connectivity index (χ0n) is 13.5. The van der Waals surface area contributed by atoms with Crippen LogP contribution in [-0.2, 0) is 13.1 Å². The molecule has 0 aliphatic heterocycles. The van der Waals surface area contributed by atoms with Crippen LogP contribution in [0.5, 0.6) is 0 Å². The fraction of sp³-hybridized carbons (Fsp3) is 0.389. The van der Waals surface area contributed by atoms with E-state index in [0.717, 1.165) is 18.7 Å². The van der Waals surface area contributed by atoms with Crippen molar-refractivity contribution in [3.63, 3.8) is 0 Å². The Hall–Kier alpha value is -2.07. The Kier molecular flexibility index (Phi) is 5.78. The molecule has 2 rings (SSSR count). The number of benzene rings is 1. The summed E-state index contributed by atoms with van der Waals surface area (Å²) >= 11 is 0. The first-order valence-electron chi connectivity index (χ1n) is 7.70. The second-order valence-corrected chi connectivity index (χ2v) is 5.71. The Bertz CT molecular complexity index is 592. The first-order valence-corrected chi connectivity index (χ1v) is 7.70. The van der Waals surface area contributed by atoms with E-state index in [9.17, 15) is 4.79 Å². The van der Waals surface area contributed by atoms with Crippen LogP contribution >= 0.6 is 0 Å². The van der Waals surface area contributed by atoms with Gasteiger partial charge in [-0.2, -0.15) is 0 Å². The summed E-state index contributed by atoms with van der Waals surface area (Å²) < 4.78 is 5.65. The number of carbonyl (C=O) groups excluding carboxylic acids is 1. The van der Waals surface area contributed by atoms with Crippen LogP contribution in [0.2, 0.25) is 0 Å². The van der Waals surface area contributed by atoms with E-state index in [2.05, 4.69) is 22.3 Å². The van der Waals surface area contributed by atoms with E-state index in [1.54, 1.807) is 6.07 Å². The van der Waals surface area contributed by atoms with Crippen molar-refractivity contribution in [2.45, 2.75) is 39.4 Å². The van der Waals surface area contributed by atoms with Gasteiger partial charge in [-0.15, -0.1) is 0 Å². The number of rotatable bonds is 7. The minimum Gasteiger partial charge on any atom is -0.455 e. The second kappa shape index (κ2) is 7.80. The van der Waals surface area contributed by atoms with E-state index >= 15 is 0 Å². The highest BCUT2D eigenvalue weighted by Crippen LogP contribution is 2.12. The van der Waals surface area contributed by atoms with Crippen LogP contribution in [0.15, 0.2) is 46.9 Å². The Morgan fingerprint density at radius 3 is 2.59 bits per heavy atom. The lowest BCUT2D eigenvalue weighted by Crippen LogP contribution is -2.31. The van der Waals surface area contributed by atoms with Crippen LogP contribution in [0.4, 0.5) is 0 Å². The maximum absolute atomic E-state index is 12.0. The van der Waals surface area contributed by atoms with Gasteiger partial charge in [-0.3, -0.25) is 9.69 Å². The lowest BCUT2D eigenvalue weighted by atomic mass is 10.2. The van der Waals surface area contributed by atoms with Crippen LogP contribution in [0.1, 0.15) is 42.1 Å². The van der Waals surface area contributed by atoms with E-state index in [-0.39, 0.29) is 11.9 Å². The summed E-state index contributed by atoms with van der Waals surface area (Å²) in [7, 11) is 2.04. The lowest BCUT2D eigenvalue weighted by molar-refractivity contribution is 0.0907. The van der Waals surface area contributed by atoms with Gasteiger partial charge in [0, 0.05) is 12.6 Å². The summed E-state index contributed by atoms with van der Waals surface area (Å²) in [6.07, 6.45) is 0.902. The molecule has 0 unspecified atom stereocenters. The van der Waals surface area contributed by atoms with Crippen LogP contribution in [0.25, 0.3) is 0 Å². The van der Waals surface area contributed by atoms with Gasteiger partial charge < -0.3 is 9.73 Å². The third kappa shape index (κ3) is 4.74. The first kappa shape index (κ1) is 16.3. The van der Waals surface area contributed by atoms with Crippen molar-refractivity contribution < 1.29 is 9.21 Å². The van der Waals surface area contributed by atoms with Gasteiger partial charge in [-0.25, -0.2) is 0 Å². The Morgan fingerprint density at radius 2 is 1.91 bits per heavy atom. The Morgan fingerprint density at radius 1 is 1.18 bits per heavy atom. The number of amides is 1. The summed E-state index contributed by atoms with van der Waals surface area (Å²) in [5, 5.41) is 2.91. The fourth-order valence-corrected chi connectivity index (χ4v) is 2.20. The maximum atomic E-state index is 12.0. The molecule has 1 heterocycles. The maximum Gasteiger partial charge on any atom is 0.287 e. The molecule has 0 saturated heterocycles. The Labute approximate surface area is 132 Å². The first-order chi connectivity index (χ1) is 10.6. The molecule has 4 nitrogen and oxygen atoms in total. The molecule has 2 aromatic rings. The second-order valence-electron chi connectivity index (χ2n) is 5.71. The quantitative estimate of drug-likeness (QED) is 0.852. The van der Waals surface area contributed by atoms with Crippen LogP contribution in [0.3, 0.4) is 0 Å². The number of nitrogens with one attached hydrogen (secondary N) is 1. The summed E-state index contributed by atoms with van der Waals surface area (Å²) in [5.74, 6) is 1.03. The van der Waals surface area contributed by atoms with Crippen molar-refractivity contribution >= 4 is 5.91 Å². The van der Waals surface area contributed by atoms with Gasteiger partial charge in [0.15, 0.2) is 5.76 Å². The van der Waals surface area contributed by atoms with Crippen LogP contribution in [0, 0.1) is 0 Å². The molecule has 0 aliphatic rings. The normalized spacial score (nSPS) is 12.4. The molecule has 0 spiro atoms. The lowest BCUT2D eigenvalue weighted by Gasteiger charge is -2.15. The molecule has 1 N–H and O–H groups in total. The van der Waals surface area contributed by atoms with Crippen molar-refractivity contribution in [1.82, 2.24) is 10.2 Å². The number of carbonyl (C=O) groups is 1. The number of hydrogen-bond acceptors (Lipinski definition) is 3. The molecule has 22 heavy (non-hydrogen) atoms. The molecule has 118 valence electrons. The smallest absolute Gasteiger partial charge is 0.287 e. The van der Waals surface area contributed by atoms with Gasteiger partial charge in [0.25, 0.3) is 5.91 Å². The van der Waals surface area contributed by atoms with Crippen LogP contribution < -0.4 is 5.32 Å². The zero-order chi connectivity index (χ0) is 15.9. The number of hydrogen-bond donors (Lipinski definition) is 1. The number of furan rings is 1. The summed E-state index contributed by atoms with van der Waals surface area (Å²) in [6.45, 7) is 5.54. The van der Waals surface area contributed by atoms with Gasteiger partial charge in [-0.1, -0.05) is 37.3 Å². The number of nitrogens with zero attached hydrogens (tertiary/aromatic N) is 1. The minimum absolute atomic E-state index is 0.147. The molecule has 0 bridgehead atoms. The highest BCUT2D eigenvalue weighted by atomic mass is 16.4. The molecule has 1 atom stereocenters. The van der Waals surface area contributed by atoms with E-state index < -0.39 is 0 Å². The van der Waals surface area contributed by atoms with Gasteiger partial charge >= 0.3 is 0 Å². The zero-order valence-corrected chi connectivity index (χ0v) is 13.5. The third-order valence-corrected chi connectivity index (χ3v) is 3.60. The standard InChI is InChI=1S/C18H24N2O2/c1-4-14(2)19-18(21)17-11-10-16(22-17)13-20(3)12-15-8-6-5-7-9-15/h5-11,14H,4,12-13H2,1-3H3,(H,19,21)/t14-/m1/s1. The predicted octanol–water partition coefficient (Wildman–Crippen LogP) is 3.44. The molecule has 0 saturated carbocycles. The molecular formula is C18H24N2O2. The van der Waals surface area contributed by atoms with Gasteiger partial charge in [0.05, 0.1) is 6.54 Å². The predicted molar refractivity (Wildman–Crippen MR) is 87.5 cm³/mol. The third-order valence-electron chi connectivity index (χ3n) is 3.60. The van der Waals surface area contributed by atoms with E-state index in [0.29, 0.717) is 12.3 Å². The molecule has 1 amide bonds. The topological polar surface area (TPSA) is 45.5 Å². The summed E-state index contributed by atoms with van der Waals surface area (Å²) in [6, 6.07) is 14.0. The Balaban J connectivity index is 1.90. The molecule has 0 aliphatic carbocycles. The van der Waals surface area contributed by atoms with E-state index in [1.807, 2.05) is 45.2 Å². The molecule has 4 heteroatoms. The summed E-state index contributed by atoms with van der Waals surface area (Å²) in [5.41, 5.74) is 1.26. The largest absolute Gasteiger partial charge is 0.455 e. The van der Waals surface area contributed by atoms with Gasteiger partial charge in [0.2, 0.25) is 0 Å². The van der Waals surface area contributed by atoms with Crippen molar-refractivity contribution in [3.8, 4) is 0 Å². The fourth-order valence-electron chi connectivity index (χ4n) is 2.20. The minimum atomic E-state index is -0.147. The highest BCUT2D eigenvalue weighted by Gasteiger charge is 2.13. The monoisotopic (exact) mass is 300 g/mol. The van der Waals surface area contributed by atoms with E-state index in [4.69, 9.17) is 4.42 Å². The molecule has 0 radical (unpaired) electrons. The van der Waals surface area contributed by atoms with Gasteiger partial charge in [0.1, 0.15) is 5.76 Å². The average Bonchev–Trinajstić information content (AvgIpc) is 2.96. The van der Waals surface area contributed by atoms with Crippen molar-refractivity contribution in [1.29, 1.82) is 0 Å². The summed E-state index contributed by atoms with van der Waals surface area (Å²) in [4.78, 5) is 14.1. The average molecular weight is 300 g/mol. The SMILES string of the molecule is CC[C@@H](C)NC(=O)c1ccc(CN(C)Cc2ccccc2)o1. The molecule has 1 aromatic carbocycles. The van der Waals surface area contributed by atoms with Crippen molar-refractivity contribution in [3.05, 3.63) is 59.5 Å². The molecular weight excluding hydrogens is 276 g/mol. The molecule has 0 fully saturated rings. The van der Waals surface area contributed by atoms with E-state index in [1.165, 1.54) is 5.56 Å². The highest BCUT2D eigenvalue weighted by molar-refractivity contribution is 5.91. The molecule has 1 aromatic heterocycles.